The van der Waals surface area contributed by atoms with E-state index in [0.717, 1.165) is 12.1 Å². The molecule has 2 unspecified atom stereocenters. The lowest BCUT2D eigenvalue weighted by Gasteiger charge is -2.11. The molecular formula is C11H10BrNO6. The van der Waals surface area contributed by atoms with E-state index in [1.165, 1.54) is 13.0 Å². The minimum Gasteiger partial charge on any atom is -0.479 e. The van der Waals surface area contributed by atoms with Crippen LogP contribution in [-0.4, -0.2) is 26.9 Å². The van der Waals surface area contributed by atoms with E-state index < -0.39 is 27.5 Å². The Bertz CT molecular complexity index is 506. The molecule has 0 spiro atoms. The lowest BCUT2D eigenvalue weighted by Crippen LogP contribution is -2.12. The smallest absolute Gasteiger partial charge is 0.337 e. The molecule has 0 aliphatic rings. The molecule has 0 fully saturated rings. The standard InChI is InChI=1S/C11H10BrNO6/c1-5(14)9(12)6-2-7(10(15)11(16)17)4-8(3-6)13(18)19/h2-4,9-10,15H,1H3,(H,16,17). The van der Waals surface area contributed by atoms with Crippen LogP contribution < -0.4 is 0 Å². The second kappa shape index (κ2) is 5.89. The minimum atomic E-state index is -1.88. The van der Waals surface area contributed by atoms with Crippen LogP contribution in [0.15, 0.2) is 18.2 Å². The first kappa shape index (κ1) is 15.3. The van der Waals surface area contributed by atoms with E-state index in [9.17, 15) is 24.8 Å². The molecule has 1 aromatic rings. The molecule has 19 heavy (non-hydrogen) atoms. The summed E-state index contributed by atoms with van der Waals surface area (Å²) in [5.41, 5.74) is -0.321. The third-order valence-electron chi connectivity index (χ3n) is 2.37. The van der Waals surface area contributed by atoms with E-state index in [-0.39, 0.29) is 16.9 Å². The van der Waals surface area contributed by atoms with Gasteiger partial charge in [-0.2, -0.15) is 0 Å². The number of nitrogens with zero attached hydrogens (tertiary/aromatic N) is 1. The van der Waals surface area contributed by atoms with Gasteiger partial charge in [-0.15, -0.1) is 0 Å². The first-order chi connectivity index (χ1) is 8.73. The van der Waals surface area contributed by atoms with Crippen molar-refractivity contribution in [3.63, 3.8) is 0 Å². The fourth-order valence-corrected chi connectivity index (χ4v) is 1.71. The van der Waals surface area contributed by atoms with Crippen molar-refractivity contribution in [3.8, 4) is 0 Å². The summed E-state index contributed by atoms with van der Waals surface area (Å²) in [5.74, 6) is -1.82. The summed E-state index contributed by atoms with van der Waals surface area (Å²) in [5, 5.41) is 28.9. The summed E-state index contributed by atoms with van der Waals surface area (Å²) in [6, 6.07) is 3.35. The molecule has 1 aromatic carbocycles. The van der Waals surface area contributed by atoms with Crippen molar-refractivity contribution < 1.29 is 24.7 Å². The van der Waals surface area contributed by atoms with E-state index in [1.807, 2.05) is 0 Å². The Kier molecular flexibility index (Phi) is 4.73. The van der Waals surface area contributed by atoms with Gasteiger partial charge in [0.05, 0.1) is 9.75 Å². The molecule has 0 aliphatic carbocycles. The van der Waals surface area contributed by atoms with Crippen LogP contribution in [0.4, 0.5) is 5.69 Å². The lowest BCUT2D eigenvalue weighted by atomic mass is 10.0. The Morgan fingerprint density at radius 2 is 1.84 bits per heavy atom. The molecule has 8 heteroatoms. The Hall–Kier alpha value is -1.80. The molecule has 0 saturated carbocycles. The van der Waals surface area contributed by atoms with Crippen molar-refractivity contribution in [3.05, 3.63) is 39.4 Å². The normalized spacial score (nSPS) is 13.6. The molecule has 0 saturated heterocycles. The summed E-state index contributed by atoms with van der Waals surface area (Å²) < 4.78 is 0. The van der Waals surface area contributed by atoms with Crippen LogP contribution in [0.25, 0.3) is 0 Å². The highest BCUT2D eigenvalue weighted by molar-refractivity contribution is 9.09. The maximum atomic E-state index is 11.2. The van der Waals surface area contributed by atoms with Crippen molar-refractivity contribution in [2.24, 2.45) is 0 Å². The second-order valence-corrected chi connectivity index (χ2v) is 4.74. The molecule has 0 aliphatic heterocycles. The Balaban J connectivity index is 3.37. The lowest BCUT2D eigenvalue weighted by molar-refractivity contribution is -0.385. The molecule has 0 aromatic heterocycles. The van der Waals surface area contributed by atoms with Crippen LogP contribution in [0.1, 0.15) is 29.0 Å². The fraction of sp³-hybridized carbons (Fsp3) is 0.273. The topological polar surface area (TPSA) is 118 Å². The number of carbonyl (C=O) groups excluding carboxylic acids is 1. The number of rotatable bonds is 5. The number of aliphatic hydroxyl groups is 1. The highest BCUT2D eigenvalue weighted by atomic mass is 79.9. The van der Waals surface area contributed by atoms with Gasteiger partial charge in [0.1, 0.15) is 5.78 Å². The van der Waals surface area contributed by atoms with Crippen molar-refractivity contribution in [1.82, 2.24) is 0 Å². The SMILES string of the molecule is CC(=O)C(Br)c1cc(C(O)C(=O)O)cc([N+](=O)[O-])c1. The monoisotopic (exact) mass is 331 g/mol. The zero-order valence-corrected chi connectivity index (χ0v) is 11.3. The minimum absolute atomic E-state index is 0.151. The van der Waals surface area contributed by atoms with E-state index in [2.05, 4.69) is 15.9 Å². The van der Waals surface area contributed by atoms with Gasteiger partial charge >= 0.3 is 5.97 Å². The van der Waals surface area contributed by atoms with Gasteiger partial charge in [-0.1, -0.05) is 22.0 Å². The number of nitro benzene ring substituents is 1. The number of carboxylic acid groups (broad SMARTS) is 1. The zero-order valence-electron chi connectivity index (χ0n) is 9.74. The quantitative estimate of drug-likeness (QED) is 0.482. The number of Topliss-reactive ketones (excluding diaryl/α,β-unsaturated/α-hetero) is 1. The number of aliphatic hydroxyl groups excluding tert-OH is 1. The number of carboxylic acids is 1. The Labute approximate surface area is 116 Å². The van der Waals surface area contributed by atoms with Crippen LogP contribution in [0.5, 0.6) is 0 Å². The summed E-state index contributed by atoms with van der Waals surface area (Å²) in [6.45, 7) is 1.28. The van der Waals surface area contributed by atoms with Crippen molar-refractivity contribution >= 4 is 33.4 Å². The largest absolute Gasteiger partial charge is 0.479 e. The van der Waals surface area contributed by atoms with E-state index >= 15 is 0 Å². The molecule has 2 N–H and O–H groups in total. The number of nitro groups is 1. The van der Waals surface area contributed by atoms with Crippen molar-refractivity contribution in [1.29, 1.82) is 0 Å². The number of hydrogen-bond acceptors (Lipinski definition) is 5. The molecule has 0 radical (unpaired) electrons. The third kappa shape index (κ3) is 3.58. The predicted octanol–water partition coefficient (Wildman–Crippen LogP) is 1.74. The molecule has 0 amide bonds. The summed E-state index contributed by atoms with van der Waals surface area (Å²) >= 11 is 3.05. The molecular weight excluding hydrogens is 322 g/mol. The number of hydrogen-bond donors (Lipinski definition) is 2. The number of benzene rings is 1. The van der Waals surface area contributed by atoms with Gasteiger partial charge < -0.3 is 10.2 Å². The van der Waals surface area contributed by atoms with E-state index in [4.69, 9.17) is 5.11 Å². The highest BCUT2D eigenvalue weighted by Crippen LogP contribution is 2.30. The second-order valence-electron chi connectivity index (χ2n) is 3.83. The average Bonchev–Trinajstić information content (AvgIpc) is 2.35. The van der Waals surface area contributed by atoms with Gasteiger partial charge in [0.25, 0.3) is 5.69 Å². The maximum absolute atomic E-state index is 11.2. The van der Waals surface area contributed by atoms with Gasteiger partial charge in [0.2, 0.25) is 0 Å². The molecule has 7 nitrogen and oxygen atoms in total. The Morgan fingerprint density at radius 1 is 1.32 bits per heavy atom. The van der Waals surface area contributed by atoms with Gasteiger partial charge in [-0.25, -0.2) is 4.79 Å². The van der Waals surface area contributed by atoms with Crippen molar-refractivity contribution in [2.45, 2.75) is 17.9 Å². The van der Waals surface area contributed by atoms with Crippen molar-refractivity contribution in [2.75, 3.05) is 0 Å². The number of ketones is 1. The fourth-order valence-electron chi connectivity index (χ4n) is 1.45. The number of non-ortho nitro benzene ring substituents is 1. The van der Waals surface area contributed by atoms with Crippen LogP contribution in [0.3, 0.4) is 0 Å². The highest BCUT2D eigenvalue weighted by Gasteiger charge is 2.23. The molecule has 1 rings (SSSR count). The predicted molar refractivity (Wildman–Crippen MR) is 68.0 cm³/mol. The third-order valence-corrected chi connectivity index (χ3v) is 3.55. The Morgan fingerprint density at radius 3 is 2.26 bits per heavy atom. The maximum Gasteiger partial charge on any atom is 0.337 e. The first-order valence-corrected chi connectivity index (χ1v) is 6.00. The number of aliphatic carboxylic acids is 1. The summed E-state index contributed by atoms with van der Waals surface area (Å²) in [4.78, 5) is 31.2. The van der Waals surface area contributed by atoms with Gasteiger partial charge in [0.15, 0.2) is 6.10 Å². The average molecular weight is 332 g/mol. The van der Waals surface area contributed by atoms with E-state index in [1.54, 1.807) is 0 Å². The molecule has 0 heterocycles. The number of carbonyl (C=O) groups is 2. The number of halogens is 1. The van der Waals surface area contributed by atoms with Crippen LogP contribution in [-0.2, 0) is 9.59 Å². The summed E-state index contributed by atoms with van der Waals surface area (Å²) in [6.07, 6.45) is -1.88. The van der Waals surface area contributed by atoms with Gasteiger partial charge in [-0.05, 0) is 18.1 Å². The number of alkyl halides is 1. The van der Waals surface area contributed by atoms with Crippen LogP contribution in [0.2, 0.25) is 0 Å². The van der Waals surface area contributed by atoms with Crippen LogP contribution >= 0.6 is 15.9 Å². The van der Waals surface area contributed by atoms with Gasteiger partial charge in [-0.3, -0.25) is 14.9 Å². The van der Waals surface area contributed by atoms with Crippen LogP contribution in [0, 0.1) is 10.1 Å². The van der Waals surface area contributed by atoms with E-state index in [0.29, 0.717) is 0 Å². The zero-order chi connectivity index (χ0) is 14.7. The first-order valence-electron chi connectivity index (χ1n) is 5.08. The molecule has 0 bridgehead atoms. The summed E-state index contributed by atoms with van der Waals surface area (Å²) in [7, 11) is 0. The molecule has 2 atom stereocenters. The van der Waals surface area contributed by atoms with Gasteiger partial charge in [0, 0.05) is 12.1 Å². The molecule has 102 valence electrons.